The smallest absolute Gasteiger partial charge is 0.233 e. The number of hydrogen-bond donors (Lipinski definition) is 2. The van der Waals surface area contributed by atoms with Crippen LogP contribution in [-0.4, -0.2) is 37.0 Å². The van der Waals surface area contributed by atoms with Crippen molar-refractivity contribution in [3.63, 3.8) is 0 Å². The van der Waals surface area contributed by atoms with E-state index >= 15 is 0 Å². The Morgan fingerprint density at radius 3 is 2.75 bits per heavy atom. The normalized spacial score (nSPS) is 12.6. The lowest BCUT2D eigenvalue weighted by molar-refractivity contribution is -0.120. The topological polar surface area (TPSA) is 41.1 Å². The van der Waals surface area contributed by atoms with Crippen molar-refractivity contribution >= 4 is 17.7 Å². The second-order valence-corrected chi connectivity index (χ2v) is 3.91. The molecular formula is C8H18N2OS. The molecule has 0 aromatic carbocycles. The summed E-state index contributed by atoms with van der Waals surface area (Å²) in [6, 6.07) is 0. The zero-order valence-electron chi connectivity index (χ0n) is 8.02. The van der Waals surface area contributed by atoms with E-state index in [1.54, 1.807) is 11.8 Å². The number of carbonyl (C=O) groups excluding carboxylic acids is 1. The first-order valence-corrected chi connectivity index (χ1v) is 5.49. The molecule has 1 amide bonds. The van der Waals surface area contributed by atoms with Crippen LogP contribution < -0.4 is 10.6 Å². The van der Waals surface area contributed by atoms with Gasteiger partial charge in [-0.2, -0.15) is 11.8 Å². The van der Waals surface area contributed by atoms with Gasteiger partial charge in [0.05, 0.1) is 6.54 Å². The van der Waals surface area contributed by atoms with Gasteiger partial charge in [0.25, 0.3) is 0 Å². The van der Waals surface area contributed by atoms with E-state index in [-0.39, 0.29) is 5.91 Å². The maximum absolute atomic E-state index is 11.0. The molecule has 1 atom stereocenters. The van der Waals surface area contributed by atoms with Crippen LogP contribution in [-0.2, 0) is 4.79 Å². The van der Waals surface area contributed by atoms with Crippen molar-refractivity contribution < 1.29 is 4.79 Å². The van der Waals surface area contributed by atoms with E-state index in [0.717, 1.165) is 13.1 Å². The Bertz CT molecular complexity index is 130. The molecule has 0 rings (SSSR count). The van der Waals surface area contributed by atoms with Crippen LogP contribution in [0, 0.1) is 0 Å². The third-order valence-electron chi connectivity index (χ3n) is 1.52. The van der Waals surface area contributed by atoms with Gasteiger partial charge >= 0.3 is 0 Å². The number of nitrogens with one attached hydrogen (secondary N) is 2. The van der Waals surface area contributed by atoms with E-state index in [1.165, 1.54) is 0 Å². The standard InChI is InChI=1S/C8H18N2OS/c1-4-9-6-8(11)10-5-7(2)12-3/h7,9H,4-6H2,1-3H3,(H,10,11). The zero-order chi connectivity index (χ0) is 9.40. The van der Waals surface area contributed by atoms with E-state index in [9.17, 15) is 4.79 Å². The molecule has 0 saturated heterocycles. The Morgan fingerprint density at radius 2 is 2.25 bits per heavy atom. The summed E-state index contributed by atoms with van der Waals surface area (Å²) in [6.07, 6.45) is 2.04. The Labute approximate surface area is 78.7 Å². The molecule has 4 heteroatoms. The Kier molecular flexibility index (Phi) is 7.29. The van der Waals surface area contributed by atoms with Crippen LogP contribution in [0.15, 0.2) is 0 Å². The van der Waals surface area contributed by atoms with Gasteiger partial charge in [0.15, 0.2) is 0 Å². The molecule has 0 aliphatic carbocycles. The fourth-order valence-electron chi connectivity index (χ4n) is 0.642. The van der Waals surface area contributed by atoms with Crippen molar-refractivity contribution in [1.82, 2.24) is 10.6 Å². The van der Waals surface area contributed by atoms with Gasteiger partial charge in [-0.1, -0.05) is 13.8 Å². The van der Waals surface area contributed by atoms with Gasteiger partial charge in [0.2, 0.25) is 5.91 Å². The first-order valence-electron chi connectivity index (χ1n) is 4.20. The average molecular weight is 190 g/mol. The maximum atomic E-state index is 11.0. The van der Waals surface area contributed by atoms with E-state index in [4.69, 9.17) is 0 Å². The number of hydrogen-bond acceptors (Lipinski definition) is 3. The fraction of sp³-hybridized carbons (Fsp3) is 0.875. The van der Waals surface area contributed by atoms with E-state index in [0.29, 0.717) is 11.8 Å². The molecule has 0 aromatic heterocycles. The maximum Gasteiger partial charge on any atom is 0.233 e. The van der Waals surface area contributed by atoms with Crippen molar-refractivity contribution in [3.05, 3.63) is 0 Å². The van der Waals surface area contributed by atoms with Gasteiger partial charge in [-0.15, -0.1) is 0 Å². The minimum Gasteiger partial charge on any atom is -0.354 e. The van der Waals surface area contributed by atoms with Crippen molar-refractivity contribution in [2.75, 3.05) is 25.9 Å². The summed E-state index contributed by atoms with van der Waals surface area (Å²) in [5, 5.41) is 6.31. The summed E-state index contributed by atoms with van der Waals surface area (Å²) in [7, 11) is 0. The molecule has 0 aliphatic rings. The first-order chi connectivity index (χ1) is 5.70. The van der Waals surface area contributed by atoms with E-state index in [2.05, 4.69) is 17.6 Å². The molecule has 3 nitrogen and oxygen atoms in total. The van der Waals surface area contributed by atoms with Gasteiger partial charge in [-0.05, 0) is 12.8 Å². The summed E-state index contributed by atoms with van der Waals surface area (Å²) in [5.74, 6) is 0.0813. The van der Waals surface area contributed by atoms with Crippen molar-refractivity contribution in [2.45, 2.75) is 19.1 Å². The average Bonchev–Trinajstić information content (AvgIpc) is 2.10. The highest BCUT2D eigenvalue weighted by molar-refractivity contribution is 7.99. The summed E-state index contributed by atoms with van der Waals surface area (Å²) in [6.45, 7) is 6.10. The molecule has 0 fully saturated rings. The summed E-state index contributed by atoms with van der Waals surface area (Å²) in [4.78, 5) is 11.0. The second kappa shape index (κ2) is 7.43. The van der Waals surface area contributed by atoms with Crippen LogP contribution in [0.5, 0.6) is 0 Å². The molecule has 0 bridgehead atoms. The molecule has 1 unspecified atom stereocenters. The van der Waals surface area contributed by atoms with E-state index < -0.39 is 0 Å². The summed E-state index contributed by atoms with van der Waals surface area (Å²) in [5.41, 5.74) is 0. The largest absolute Gasteiger partial charge is 0.354 e. The molecule has 0 spiro atoms. The molecule has 0 radical (unpaired) electrons. The predicted octanol–water partition coefficient (Wildman–Crippen LogP) is 0.464. The van der Waals surface area contributed by atoms with Crippen LogP contribution in [0.25, 0.3) is 0 Å². The number of likely N-dealkylation sites (N-methyl/N-ethyl adjacent to an activating group) is 1. The highest BCUT2D eigenvalue weighted by atomic mass is 32.2. The van der Waals surface area contributed by atoms with Gasteiger partial charge in [0.1, 0.15) is 0 Å². The van der Waals surface area contributed by atoms with Crippen molar-refractivity contribution in [3.8, 4) is 0 Å². The predicted molar refractivity (Wildman–Crippen MR) is 54.5 cm³/mol. The minimum atomic E-state index is 0.0813. The first kappa shape index (κ1) is 11.8. The third kappa shape index (κ3) is 6.49. The van der Waals surface area contributed by atoms with Crippen LogP contribution >= 0.6 is 11.8 Å². The van der Waals surface area contributed by atoms with Crippen LogP contribution in [0.1, 0.15) is 13.8 Å². The molecule has 12 heavy (non-hydrogen) atoms. The highest BCUT2D eigenvalue weighted by Crippen LogP contribution is 2.01. The highest BCUT2D eigenvalue weighted by Gasteiger charge is 2.02. The van der Waals surface area contributed by atoms with Crippen LogP contribution in [0.3, 0.4) is 0 Å². The van der Waals surface area contributed by atoms with Gasteiger partial charge in [0, 0.05) is 11.8 Å². The molecule has 0 aliphatic heterocycles. The second-order valence-electron chi connectivity index (χ2n) is 2.63. The SMILES string of the molecule is CCNCC(=O)NCC(C)SC. The lowest BCUT2D eigenvalue weighted by Crippen LogP contribution is -2.36. The van der Waals surface area contributed by atoms with E-state index in [1.807, 2.05) is 13.2 Å². The zero-order valence-corrected chi connectivity index (χ0v) is 8.83. The third-order valence-corrected chi connectivity index (χ3v) is 2.50. The molecule has 0 heterocycles. The lowest BCUT2D eigenvalue weighted by Gasteiger charge is -2.09. The Morgan fingerprint density at radius 1 is 1.58 bits per heavy atom. The molecule has 72 valence electrons. The quantitative estimate of drug-likeness (QED) is 0.639. The summed E-state index contributed by atoms with van der Waals surface area (Å²) >= 11 is 1.76. The molecule has 0 saturated carbocycles. The van der Waals surface area contributed by atoms with Crippen molar-refractivity contribution in [1.29, 1.82) is 0 Å². The monoisotopic (exact) mass is 190 g/mol. The summed E-state index contributed by atoms with van der Waals surface area (Å²) < 4.78 is 0. The Hall–Kier alpha value is -0.220. The van der Waals surface area contributed by atoms with Gasteiger partial charge in [-0.3, -0.25) is 4.79 Å². The van der Waals surface area contributed by atoms with Gasteiger partial charge < -0.3 is 10.6 Å². The number of rotatable bonds is 6. The van der Waals surface area contributed by atoms with Crippen LogP contribution in [0.4, 0.5) is 0 Å². The molecule has 0 aromatic rings. The van der Waals surface area contributed by atoms with Crippen LogP contribution in [0.2, 0.25) is 0 Å². The number of carbonyl (C=O) groups is 1. The minimum absolute atomic E-state index is 0.0813. The fourth-order valence-corrected chi connectivity index (χ4v) is 0.892. The Balaban J connectivity index is 3.31. The van der Waals surface area contributed by atoms with Crippen molar-refractivity contribution in [2.24, 2.45) is 0 Å². The number of thioether (sulfide) groups is 1. The molecule has 2 N–H and O–H groups in total. The number of amides is 1. The van der Waals surface area contributed by atoms with Gasteiger partial charge in [-0.25, -0.2) is 0 Å². The molecular weight excluding hydrogens is 172 g/mol. The lowest BCUT2D eigenvalue weighted by atomic mass is 10.4.